The van der Waals surface area contributed by atoms with E-state index in [2.05, 4.69) is 5.32 Å². The van der Waals surface area contributed by atoms with Crippen LogP contribution in [0.15, 0.2) is 18.2 Å². The number of nitro benzene ring substituents is 1. The summed E-state index contributed by atoms with van der Waals surface area (Å²) >= 11 is 0. The van der Waals surface area contributed by atoms with Crippen LogP contribution in [-0.4, -0.2) is 41.4 Å². The number of hydrogen-bond donors (Lipinski definition) is 1. The minimum atomic E-state index is -0.734. The Kier molecular flexibility index (Phi) is 3.75. The fraction of sp³-hybridized carbons (Fsp3) is 0.417. The Morgan fingerprint density at radius 1 is 1.58 bits per heavy atom. The SMILES string of the molecule is CC1CN(C(=O)c2ccc(F)cc2[N+](=O)[O-])CCN1. The number of rotatable bonds is 2. The fourth-order valence-electron chi connectivity index (χ4n) is 2.12. The molecule has 1 heterocycles. The second-order valence-corrected chi connectivity index (χ2v) is 4.52. The number of amides is 1. The second-order valence-electron chi connectivity index (χ2n) is 4.52. The van der Waals surface area contributed by atoms with Crippen molar-refractivity contribution in [3.8, 4) is 0 Å². The molecule has 1 fully saturated rings. The Morgan fingerprint density at radius 3 is 2.95 bits per heavy atom. The monoisotopic (exact) mass is 267 g/mol. The van der Waals surface area contributed by atoms with Gasteiger partial charge in [0.25, 0.3) is 11.6 Å². The van der Waals surface area contributed by atoms with Crippen molar-refractivity contribution in [2.45, 2.75) is 13.0 Å². The normalized spacial score (nSPS) is 19.3. The highest BCUT2D eigenvalue weighted by molar-refractivity contribution is 5.98. The van der Waals surface area contributed by atoms with E-state index >= 15 is 0 Å². The predicted molar refractivity (Wildman–Crippen MR) is 66.4 cm³/mol. The Labute approximate surface area is 109 Å². The maximum Gasteiger partial charge on any atom is 0.285 e. The lowest BCUT2D eigenvalue weighted by atomic mass is 10.1. The van der Waals surface area contributed by atoms with Crippen molar-refractivity contribution in [3.63, 3.8) is 0 Å². The third-order valence-corrected chi connectivity index (χ3v) is 3.04. The van der Waals surface area contributed by atoms with Gasteiger partial charge in [0, 0.05) is 25.7 Å². The quantitative estimate of drug-likeness (QED) is 0.644. The molecule has 0 saturated carbocycles. The van der Waals surface area contributed by atoms with Gasteiger partial charge in [-0.2, -0.15) is 0 Å². The molecule has 19 heavy (non-hydrogen) atoms. The molecule has 1 atom stereocenters. The van der Waals surface area contributed by atoms with Crippen molar-refractivity contribution in [1.82, 2.24) is 10.2 Å². The van der Waals surface area contributed by atoms with Crippen LogP contribution in [0.3, 0.4) is 0 Å². The first-order chi connectivity index (χ1) is 8.99. The first-order valence-electron chi connectivity index (χ1n) is 5.95. The Morgan fingerprint density at radius 2 is 2.32 bits per heavy atom. The smallest absolute Gasteiger partial charge is 0.285 e. The number of carbonyl (C=O) groups excluding carboxylic acids is 1. The number of nitro groups is 1. The molecule has 0 spiro atoms. The van der Waals surface area contributed by atoms with E-state index in [0.717, 1.165) is 12.1 Å². The van der Waals surface area contributed by atoms with Gasteiger partial charge in [-0.05, 0) is 19.1 Å². The van der Waals surface area contributed by atoms with E-state index in [1.54, 1.807) is 4.90 Å². The van der Waals surface area contributed by atoms with Gasteiger partial charge in [-0.3, -0.25) is 14.9 Å². The highest BCUT2D eigenvalue weighted by Gasteiger charge is 2.27. The van der Waals surface area contributed by atoms with E-state index in [1.165, 1.54) is 6.07 Å². The lowest BCUT2D eigenvalue weighted by molar-refractivity contribution is -0.385. The van der Waals surface area contributed by atoms with Crippen LogP contribution in [-0.2, 0) is 0 Å². The third kappa shape index (κ3) is 2.87. The molecule has 0 radical (unpaired) electrons. The van der Waals surface area contributed by atoms with Gasteiger partial charge in [0.05, 0.1) is 11.0 Å². The summed E-state index contributed by atoms with van der Waals surface area (Å²) in [6.45, 7) is 3.53. The molecule has 2 rings (SSSR count). The number of nitrogens with zero attached hydrogens (tertiary/aromatic N) is 2. The van der Waals surface area contributed by atoms with E-state index < -0.39 is 22.3 Å². The summed E-state index contributed by atoms with van der Waals surface area (Å²) in [6.07, 6.45) is 0. The summed E-state index contributed by atoms with van der Waals surface area (Å²) in [5, 5.41) is 14.1. The maximum absolute atomic E-state index is 13.0. The zero-order valence-electron chi connectivity index (χ0n) is 10.4. The van der Waals surface area contributed by atoms with Gasteiger partial charge in [-0.25, -0.2) is 4.39 Å². The molecule has 0 aliphatic carbocycles. The molecule has 1 aromatic carbocycles. The Bertz CT molecular complexity index is 521. The average molecular weight is 267 g/mol. The van der Waals surface area contributed by atoms with Crippen LogP contribution in [0.1, 0.15) is 17.3 Å². The van der Waals surface area contributed by atoms with Crippen LogP contribution in [0.5, 0.6) is 0 Å². The number of carbonyl (C=O) groups is 1. The Balaban J connectivity index is 2.30. The van der Waals surface area contributed by atoms with Gasteiger partial charge in [0.15, 0.2) is 0 Å². The lowest BCUT2D eigenvalue weighted by Gasteiger charge is -2.31. The van der Waals surface area contributed by atoms with E-state index in [0.29, 0.717) is 19.6 Å². The molecule has 0 bridgehead atoms. The molecule has 6 nitrogen and oxygen atoms in total. The molecule has 1 saturated heterocycles. The molecular formula is C12H14FN3O3. The lowest BCUT2D eigenvalue weighted by Crippen LogP contribution is -2.51. The van der Waals surface area contributed by atoms with Gasteiger partial charge in [0.2, 0.25) is 0 Å². The number of nitrogens with one attached hydrogen (secondary N) is 1. The highest BCUT2D eigenvalue weighted by Crippen LogP contribution is 2.22. The van der Waals surface area contributed by atoms with Crippen LogP contribution in [0.2, 0.25) is 0 Å². The molecule has 7 heteroatoms. The second kappa shape index (κ2) is 5.31. The Hall–Kier alpha value is -2.02. The summed E-state index contributed by atoms with van der Waals surface area (Å²) in [5.74, 6) is -1.16. The van der Waals surface area contributed by atoms with Crippen LogP contribution in [0, 0.1) is 15.9 Å². The van der Waals surface area contributed by atoms with Crippen molar-refractivity contribution in [1.29, 1.82) is 0 Å². The van der Waals surface area contributed by atoms with Crippen LogP contribution in [0.4, 0.5) is 10.1 Å². The first kappa shape index (κ1) is 13.4. The molecule has 1 unspecified atom stereocenters. The number of halogens is 1. The highest BCUT2D eigenvalue weighted by atomic mass is 19.1. The van der Waals surface area contributed by atoms with Gasteiger partial charge in [0.1, 0.15) is 11.4 Å². The van der Waals surface area contributed by atoms with Gasteiger partial charge < -0.3 is 10.2 Å². The molecule has 1 amide bonds. The minimum Gasteiger partial charge on any atom is -0.336 e. The largest absolute Gasteiger partial charge is 0.336 e. The first-order valence-corrected chi connectivity index (χ1v) is 5.95. The zero-order valence-corrected chi connectivity index (χ0v) is 10.4. The molecule has 102 valence electrons. The summed E-state index contributed by atoms with van der Waals surface area (Å²) in [5.41, 5.74) is -0.559. The van der Waals surface area contributed by atoms with Crippen molar-refractivity contribution >= 4 is 11.6 Å². The molecular weight excluding hydrogens is 253 g/mol. The summed E-state index contributed by atoms with van der Waals surface area (Å²) in [7, 11) is 0. The number of benzene rings is 1. The van der Waals surface area contributed by atoms with E-state index in [9.17, 15) is 19.3 Å². The van der Waals surface area contributed by atoms with Crippen LogP contribution < -0.4 is 5.32 Å². The van der Waals surface area contributed by atoms with Crippen molar-refractivity contribution in [2.75, 3.05) is 19.6 Å². The topological polar surface area (TPSA) is 75.5 Å². The molecule has 1 N–H and O–H groups in total. The van der Waals surface area contributed by atoms with E-state index in [4.69, 9.17) is 0 Å². The van der Waals surface area contributed by atoms with Crippen molar-refractivity contribution in [2.24, 2.45) is 0 Å². The molecule has 1 aliphatic rings. The number of piperazine rings is 1. The summed E-state index contributed by atoms with van der Waals surface area (Å²) < 4.78 is 13.0. The minimum absolute atomic E-state index is 0.0690. The van der Waals surface area contributed by atoms with Gasteiger partial charge >= 0.3 is 0 Å². The van der Waals surface area contributed by atoms with E-state index in [-0.39, 0.29) is 11.6 Å². The van der Waals surface area contributed by atoms with Gasteiger partial charge in [-0.15, -0.1) is 0 Å². The van der Waals surface area contributed by atoms with Crippen LogP contribution >= 0.6 is 0 Å². The average Bonchev–Trinajstić information content (AvgIpc) is 2.37. The van der Waals surface area contributed by atoms with E-state index in [1.807, 2.05) is 6.92 Å². The predicted octanol–water partition coefficient (Wildman–Crippen LogP) is 1.17. The molecule has 1 aliphatic heterocycles. The molecule has 1 aromatic rings. The summed E-state index contributed by atoms with van der Waals surface area (Å²) in [4.78, 5) is 23.9. The number of hydrogen-bond acceptors (Lipinski definition) is 4. The van der Waals surface area contributed by atoms with Crippen LogP contribution in [0.25, 0.3) is 0 Å². The zero-order chi connectivity index (χ0) is 14.0. The third-order valence-electron chi connectivity index (χ3n) is 3.04. The standard InChI is InChI=1S/C12H14FN3O3/c1-8-7-15(5-4-14-8)12(17)10-3-2-9(13)6-11(10)16(18)19/h2-3,6,8,14H,4-5,7H2,1H3. The maximum atomic E-state index is 13.0. The van der Waals surface area contributed by atoms with Crippen molar-refractivity contribution in [3.05, 3.63) is 39.7 Å². The van der Waals surface area contributed by atoms with Crippen molar-refractivity contribution < 1.29 is 14.1 Å². The fourth-order valence-corrected chi connectivity index (χ4v) is 2.12. The molecule has 0 aromatic heterocycles. The van der Waals surface area contributed by atoms with Gasteiger partial charge in [-0.1, -0.05) is 0 Å². The summed E-state index contributed by atoms with van der Waals surface area (Å²) in [6, 6.07) is 3.14.